The quantitative estimate of drug-likeness (QED) is 0.250. The van der Waals surface area contributed by atoms with Crippen molar-refractivity contribution in [2.24, 2.45) is 5.92 Å². The summed E-state index contributed by atoms with van der Waals surface area (Å²) in [4.78, 5) is 25.4. The van der Waals surface area contributed by atoms with Crippen LogP contribution in [0.1, 0.15) is 33.6 Å². The zero-order valence-electron chi connectivity index (χ0n) is 14.9. The Kier molecular flexibility index (Phi) is 5.96. The first kappa shape index (κ1) is 20.9. The first-order valence-electron chi connectivity index (χ1n) is 8.13. The fraction of sp³-hybridized carbons (Fsp3) is 0.529. The fourth-order valence-corrected chi connectivity index (χ4v) is 2.48. The van der Waals surface area contributed by atoms with E-state index >= 15 is 0 Å². The normalized spacial score (nSPS) is 15.6. The van der Waals surface area contributed by atoms with Crippen LogP contribution < -0.4 is 4.74 Å². The molecule has 0 spiro atoms. The van der Waals surface area contributed by atoms with E-state index in [1.165, 1.54) is 4.90 Å². The van der Waals surface area contributed by atoms with Gasteiger partial charge in [-0.1, -0.05) is 0 Å². The Labute approximate surface area is 152 Å². The van der Waals surface area contributed by atoms with Gasteiger partial charge in [0.15, 0.2) is 0 Å². The van der Waals surface area contributed by atoms with Gasteiger partial charge in [-0.05, 0) is 33.6 Å². The molecular weight excluding hydrogens is 377 g/mol. The number of ether oxygens (including phenoxy) is 2. The highest BCUT2D eigenvalue weighted by molar-refractivity contribution is 5.76. The van der Waals surface area contributed by atoms with Crippen LogP contribution in [-0.2, 0) is 9.53 Å². The summed E-state index contributed by atoms with van der Waals surface area (Å²) in [7, 11) is 0. The third-order valence-electron chi connectivity index (χ3n) is 3.85. The summed E-state index contributed by atoms with van der Waals surface area (Å²) in [5.74, 6) is -14.8. The highest BCUT2D eigenvalue weighted by Crippen LogP contribution is 2.30. The van der Waals surface area contributed by atoms with Gasteiger partial charge >= 0.3 is 12.1 Å². The maximum absolute atomic E-state index is 13.6. The van der Waals surface area contributed by atoms with Gasteiger partial charge in [0, 0.05) is 13.1 Å². The number of rotatable bonds is 2. The summed E-state index contributed by atoms with van der Waals surface area (Å²) in [6, 6.07) is 0. The van der Waals surface area contributed by atoms with E-state index in [2.05, 4.69) is 4.74 Å². The van der Waals surface area contributed by atoms with Gasteiger partial charge in [0.2, 0.25) is 34.8 Å². The molecule has 150 valence electrons. The summed E-state index contributed by atoms with van der Waals surface area (Å²) >= 11 is 0. The molecule has 0 bridgehead atoms. The SMILES string of the molecule is CC(C)(C)OC(=O)N1CCC(C(=O)Oc2c(F)c(F)c(F)c(F)c2F)CC1. The number of esters is 1. The predicted molar refractivity (Wildman–Crippen MR) is 82.4 cm³/mol. The molecule has 1 fully saturated rings. The van der Waals surface area contributed by atoms with E-state index in [1.807, 2.05) is 0 Å². The number of halogens is 5. The van der Waals surface area contributed by atoms with Crippen LogP contribution in [0.15, 0.2) is 0 Å². The van der Waals surface area contributed by atoms with Crippen molar-refractivity contribution in [2.75, 3.05) is 13.1 Å². The van der Waals surface area contributed by atoms with E-state index in [4.69, 9.17) is 4.74 Å². The minimum absolute atomic E-state index is 0.0907. The third kappa shape index (κ3) is 4.67. The summed E-state index contributed by atoms with van der Waals surface area (Å²) in [6.45, 7) is 5.31. The van der Waals surface area contributed by atoms with Crippen molar-refractivity contribution < 1.29 is 41.0 Å². The predicted octanol–water partition coefficient (Wildman–Crippen LogP) is 3.93. The summed E-state index contributed by atoms with van der Waals surface area (Å²) < 4.78 is 76.1. The summed E-state index contributed by atoms with van der Waals surface area (Å²) in [6.07, 6.45) is -0.393. The lowest BCUT2D eigenvalue weighted by Gasteiger charge is -2.32. The number of piperidine rings is 1. The highest BCUT2D eigenvalue weighted by atomic mass is 19.2. The second-order valence-electron chi connectivity index (χ2n) is 7.06. The van der Waals surface area contributed by atoms with E-state index in [-0.39, 0.29) is 25.9 Å². The van der Waals surface area contributed by atoms with Crippen molar-refractivity contribution in [1.29, 1.82) is 0 Å². The second kappa shape index (κ2) is 7.69. The topological polar surface area (TPSA) is 55.8 Å². The molecule has 0 radical (unpaired) electrons. The van der Waals surface area contributed by atoms with Crippen molar-refractivity contribution >= 4 is 12.1 Å². The first-order chi connectivity index (χ1) is 12.4. The Morgan fingerprint density at radius 2 is 1.33 bits per heavy atom. The number of hydrogen-bond donors (Lipinski definition) is 0. The van der Waals surface area contributed by atoms with Crippen molar-refractivity contribution in [3.8, 4) is 5.75 Å². The second-order valence-corrected chi connectivity index (χ2v) is 7.06. The van der Waals surface area contributed by atoms with Gasteiger partial charge in [0.25, 0.3) is 0 Å². The summed E-state index contributed by atoms with van der Waals surface area (Å²) in [5, 5.41) is 0. The van der Waals surface area contributed by atoms with E-state index in [0.717, 1.165) is 0 Å². The molecule has 0 N–H and O–H groups in total. The van der Waals surface area contributed by atoms with Crippen LogP contribution in [-0.4, -0.2) is 35.7 Å². The molecule has 1 aromatic rings. The Balaban J connectivity index is 2.03. The van der Waals surface area contributed by atoms with E-state index in [1.54, 1.807) is 20.8 Å². The average Bonchev–Trinajstić information content (AvgIpc) is 2.60. The summed E-state index contributed by atoms with van der Waals surface area (Å²) in [5.41, 5.74) is -0.696. The zero-order chi connectivity index (χ0) is 20.5. The molecule has 1 aromatic carbocycles. The molecule has 0 saturated carbocycles. The number of nitrogens with zero attached hydrogens (tertiary/aromatic N) is 1. The molecule has 2 rings (SSSR count). The molecule has 1 aliphatic heterocycles. The van der Waals surface area contributed by atoms with E-state index < -0.39 is 58.4 Å². The molecule has 1 aliphatic rings. The van der Waals surface area contributed by atoms with Gasteiger partial charge in [-0.3, -0.25) is 4.79 Å². The number of amides is 1. The van der Waals surface area contributed by atoms with Crippen LogP contribution in [0.4, 0.5) is 26.7 Å². The highest BCUT2D eigenvalue weighted by Gasteiger charge is 2.34. The van der Waals surface area contributed by atoms with Crippen LogP contribution in [0.25, 0.3) is 0 Å². The van der Waals surface area contributed by atoms with Crippen LogP contribution in [0.2, 0.25) is 0 Å². The smallest absolute Gasteiger partial charge is 0.410 e. The van der Waals surface area contributed by atoms with E-state index in [0.29, 0.717) is 0 Å². The fourth-order valence-electron chi connectivity index (χ4n) is 2.48. The molecule has 0 atom stereocenters. The first-order valence-corrected chi connectivity index (χ1v) is 8.13. The number of benzene rings is 1. The van der Waals surface area contributed by atoms with Crippen molar-refractivity contribution in [1.82, 2.24) is 4.90 Å². The molecule has 10 heteroatoms. The molecular formula is C17H18F5NO4. The maximum atomic E-state index is 13.6. The lowest BCUT2D eigenvalue weighted by Crippen LogP contribution is -2.43. The molecule has 1 heterocycles. The zero-order valence-corrected chi connectivity index (χ0v) is 14.9. The molecule has 5 nitrogen and oxygen atoms in total. The molecule has 1 amide bonds. The lowest BCUT2D eigenvalue weighted by molar-refractivity contribution is -0.141. The number of carbonyl (C=O) groups excluding carboxylic acids is 2. The van der Waals surface area contributed by atoms with Gasteiger partial charge in [0.1, 0.15) is 5.60 Å². The molecule has 0 aliphatic carbocycles. The Morgan fingerprint density at radius 1 is 0.889 bits per heavy atom. The lowest BCUT2D eigenvalue weighted by atomic mass is 9.97. The molecule has 27 heavy (non-hydrogen) atoms. The van der Waals surface area contributed by atoms with Crippen LogP contribution in [0, 0.1) is 35.0 Å². The van der Waals surface area contributed by atoms with E-state index in [9.17, 15) is 31.5 Å². The Hall–Kier alpha value is -2.39. The Morgan fingerprint density at radius 3 is 1.78 bits per heavy atom. The number of hydrogen-bond acceptors (Lipinski definition) is 4. The minimum atomic E-state index is -2.34. The third-order valence-corrected chi connectivity index (χ3v) is 3.85. The van der Waals surface area contributed by atoms with Crippen molar-refractivity contribution in [3.05, 3.63) is 29.1 Å². The monoisotopic (exact) mass is 395 g/mol. The molecule has 0 aromatic heterocycles. The van der Waals surface area contributed by atoms with Gasteiger partial charge < -0.3 is 14.4 Å². The van der Waals surface area contributed by atoms with Gasteiger partial charge in [0.05, 0.1) is 5.92 Å². The van der Waals surface area contributed by atoms with Crippen molar-refractivity contribution in [2.45, 2.75) is 39.2 Å². The molecule has 1 saturated heterocycles. The standard InChI is InChI=1S/C17H18F5NO4/c1-17(2,3)27-16(25)23-6-4-8(5-7-23)15(24)26-14-12(21)10(19)9(18)11(20)13(14)22/h8H,4-7H2,1-3H3. The number of carbonyl (C=O) groups is 2. The van der Waals surface area contributed by atoms with Crippen LogP contribution >= 0.6 is 0 Å². The van der Waals surface area contributed by atoms with Gasteiger partial charge in [-0.2, -0.15) is 8.78 Å². The number of likely N-dealkylation sites (tertiary alicyclic amines) is 1. The maximum Gasteiger partial charge on any atom is 0.410 e. The minimum Gasteiger partial charge on any atom is -0.444 e. The molecule has 0 unspecified atom stereocenters. The Bertz CT molecular complexity index is 726. The van der Waals surface area contributed by atoms with Crippen LogP contribution in [0.3, 0.4) is 0 Å². The van der Waals surface area contributed by atoms with Crippen LogP contribution in [0.5, 0.6) is 5.75 Å². The van der Waals surface area contributed by atoms with Gasteiger partial charge in [-0.15, -0.1) is 0 Å². The van der Waals surface area contributed by atoms with Crippen molar-refractivity contribution in [3.63, 3.8) is 0 Å². The largest absolute Gasteiger partial charge is 0.444 e. The van der Waals surface area contributed by atoms with Gasteiger partial charge in [-0.25, -0.2) is 18.0 Å². The average molecular weight is 395 g/mol.